The predicted molar refractivity (Wildman–Crippen MR) is 123 cm³/mol. The fourth-order valence-corrected chi connectivity index (χ4v) is 3.75. The van der Waals surface area contributed by atoms with Gasteiger partial charge in [-0.1, -0.05) is 18.2 Å². The highest BCUT2D eigenvalue weighted by molar-refractivity contribution is 5.79. The van der Waals surface area contributed by atoms with Gasteiger partial charge in [0.15, 0.2) is 5.96 Å². The first-order valence-corrected chi connectivity index (χ1v) is 10.7. The van der Waals surface area contributed by atoms with Gasteiger partial charge in [-0.25, -0.2) is 4.98 Å². The Balaban J connectivity index is 1.51. The van der Waals surface area contributed by atoms with Crippen LogP contribution in [0.3, 0.4) is 0 Å². The monoisotopic (exact) mass is 424 g/mol. The lowest BCUT2D eigenvalue weighted by Gasteiger charge is -2.32. The Morgan fingerprint density at radius 2 is 1.97 bits per heavy atom. The summed E-state index contributed by atoms with van der Waals surface area (Å²) in [6, 6.07) is 12.1. The van der Waals surface area contributed by atoms with Crippen LogP contribution in [0.25, 0.3) is 0 Å². The van der Waals surface area contributed by atoms with Gasteiger partial charge in [0, 0.05) is 50.9 Å². The molecule has 8 heteroatoms. The van der Waals surface area contributed by atoms with Crippen molar-refractivity contribution in [1.82, 2.24) is 15.6 Å². The first-order valence-electron chi connectivity index (χ1n) is 10.7. The molecule has 2 heterocycles. The van der Waals surface area contributed by atoms with E-state index in [0.29, 0.717) is 6.54 Å². The Morgan fingerprint density at radius 1 is 1.23 bits per heavy atom. The average Bonchev–Trinajstić information content (AvgIpc) is 2.82. The minimum absolute atomic E-state index is 0.0322. The number of primary amides is 1. The van der Waals surface area contributed by atoms with Crippen molar-refractivity contribution in [3.8, 4) is 5.75 Å². The van der Waals surface area contributed by atoms with Gasteiger partial charge in [0.05, 0.1) is 7.11 Å². The maximum atomic E-state index is 11.4. The number of aliphatic imine (C=N–C) groups is 1. The minimum Gasteiger partial charge on any atom is -0.497 e. The Morgan fingerprint density at radius 3 is 2.61 bits per heavy atom. The number of guanidine groups is 1. The van der Waals surface area contributed by atoms with Crippen molar-refractivity contribution in [3.63, 3.8) is 0 Å². The van der Waals surface area contributed by atoms with Crippen LogP contribution < -0.4 is 26.0 Å². The van der Waals surface area contributed by atoms with E-state index in [-0.39, 0.29) is 11.8 Å². The van der Waals surface area contributed by atoms with Crippen LogP contribution in [0.15, 0.2) is 47.6 Å². The van der Waals surface area contributed by atoms with E-state index in [2.05, 4.69) is 43.7 Å². The second-order valence-electron chi connectivity index (χ2n) is 7.60. The van der Waals surface area contributed by atoms with Crippen LogP contribution >= 0.6 is 0 Å². The molecule has 0 spiro atoms. The SMILES string of the molecule is CN=C(NCCc1ccc(OC)cc1)NCc1cccnc1N1CCC(C(N)=O)CC1. The van der Waals surface area contributed by atoms with E-state index in [0.717, 1.165) is 62.0 Å². The quantitative estimate of drug-likeness (QED) is 0.440. The zero-order valence-corrected chi connectivity index (χ0v) is 18.3. The Bertz CT molecular complexity index is 876. The van der Waals surface area contributed by atoms with Crippen molar-refractivity contribution in [1.29, 1.82) is 0 Å². The number of carbonyl (C=O) groups excluding carboxylic acids is 1. The molecule has 166 valence electrons. The fourth-order valence-electron chi connectivity index (χ4n) is 3.75. The summed E-state index contributed by atoms with van der Waals surface area (Å²) in [5.74, 6) is 2.32. The number of nitrogens with one attached hydrogen (secondary N) is 2. The van der Waals surface area contributed by atoms with Crippen LogP contribution in [0.1, 0.15) is 24.0 Å². The first kappa shape index (κ1) is 22.4. The number of methoxy groups -OCH3 is 1. The second-order valence-corrected chi connectivity index (χ2v) is 7.60. The molecule has 8 nitrogen and oxygen atoms in total. The number of nitrogens with two attached hydrogens (primary N) is 1. The maximum absolute atomic E-state index is 11.4. The normalized spacial score (nSPS) is 14.9. The van der Waals surface area contributed by atoms with Crippen molar-refractivity contribution in [2.24, 2.45) is 16.6 Å². The average molecular weight is 425 g/mol. The molecule has 1 aromatic heterocycles. The van der Waals surface area contributed by atoms with Gasteiger partial charge in [0.1, 0.15) is 11.6 Å². The molecule has 0 unspecified atom stereocenters. The van der Waals surface area contributed by atoms with Gasteiger partial charge in [-0.15, -0.1) is 0 Å². The van der Waals surface area contributed by atoms with E-state index in [1.54, 1.807) is 20.4 Å². The number of pyridine rings is 1. The largest absolute Gasteiger partial charge is 0.497 e. The van der Waals surface area contributed by atoms with Crippen molar-refractivity contribution >= 4 is 17.7 Å². The highest BCUT2D eigenvalue weighted by atomic mass is 16.5. The summed E-state index contributed by atoms with van der Waals surface area (Å²) in [5, 5.41) is 6.73. The third-order valence-electron chi connectivity index (χ3n) is 5.60. The number of nitrogens with zero attached hydrogens (tertiary/aromatic N) is 3. The lowest BCUT2D eigenvalue weighted by molar-refractivity contribution is -0.122. The predicted octanol–water partition coefficient (Wildman–Crippen LogP) is 1.70. The number of hydrogen-bond acceptors (Lipinski definition) is 5. The molecule has 1 aromatic carbocycles. The summed E-state index contributed by atoms with van der Waals surface area (Å²) < 4.78 is 5.20. The third kappa shape index (κ3) is 6.34. The van der Waals surface area contributed by atoms with Gasteiger partial charge in [0.25, 0.3) is 0 Å². The van der Waals surface area contributed by atoms with Gasteiger partial charge in [-0.05, 0) is 43.0 Å². The molecule has 0 aliphatic carbocycles. The molecule has 1 fully saturated rings. The molecule has 1 saturated heterocycles. The van der Waals surface area contributed by atoms with Crippen LogP contribution in [0.4, 0.5) is 5.82 Å². The van der Waals surface area contributed by atoms with Gasteiger partial charge in [-0.3, -0.25) is 9.79 Å². The molecule has 2 aromatic rings. The molecule has 4 N–H and O–H groups in total. The van der Waals surface area contributed by atoms with Crippen LogP contribution in [0.2, 0.25) is 0 Å². The Kier molecular flexibility index (Phi) is 8.09. The molecule has 0 atom stereocenters. The summed E-state index contributed by atoms with van der Waals surface area (Å²) in [5.41, 5.74) is 7.79. The van der Waals surface area contributed by atoms with E-state index < -0.39 is 0 Å². The van der Waals surface area contributed by atoms with Crippen molar-refractivity contribution in [3.05, 3.63) is 53.7 Å². The zero-order valence-electron chi connectivity index (χ0n) is 18.3. The van der Waals surface area contributed by atoms with Crippen molar-refractivity contribution < 1.29 is 9.53 Å². The molecular formula is C23H32N6O2. The zero-order chi connectivity index (χ0) is 22.1. The van der Waals surface area contributed by atoms with E-state index >= 15 is 0 Å². The number of rotatable bonds is 8. The number of aromatic nitrogens is 1. The maximum Gasteiger partial charge on any atom is 0.220 e. The first-order chi connectivity index (χ1) is 15.1. The number of hydrogen-bond donors (Lipinski definition) is 3. The molecule has 3 rings (SSSR count). The lowest BCUT2D eigenvalue weighted by atomic mass is 9.96. The molecule has 0 saturated carbocycles. The molecule has 1 aliphatic heterocycles. The number of carbonyl (C=O) groups is 1. The Hall–Kier alpha value is -3.29. The van der Waals surface area contributed by atoms with E-state index in [9.17, 15) is 4.79 Å². The number of ether oxygens (including phenoxy) is 1. The van der Waals surface area contributed by atoms with Crippen LogP contribution in [0, 0.1) is 5.92 Å². The molecule has 1 amide bonds. The smallest absolute Gasteiger partial charge is 0.220 e. The number of benzene rings is 1. The molecular weight excluding hydrogens is 392 g/mol. The highest BCUT2D eigenvalue weighted by Gasteiger charge is 2.24. The lowest BCUT2D eigenvalue weighted by Crippen LogP contribution is -2.40. The summed E-state index contributed by atoms with van der Waals surface area (Å²) in [6.07, 6.45) is 4.24. The Labute approximate surface area is 183 Å². The summed E-state index contributed by atoms with van der Waals surface area (Å²) in [7, 11) is 3.43. The molecule has 1 aliphatic rings. The molecule has 31 heavy (non-hydrogen) atoms. The van der Waals surface area contributed by atoms with Crippen molar-refractivity contribution in [2.75, 3.05) is 38.7 Å². The highest BCUT2D eigenvalue weighted by Crippen LogP contribution is 2.24. The molecule has 0 radical (unpaired) electrons. The van der Waals surface area contributed by atoms with Crippen LogP contribution in [0.5, 0.6) is 5.75 Å². The van der Waals surface area contributed by atoms with Crippen molar-refractivity contribution in [2.45, 2.75) is 25.8 Å². The standard InChI is InChI=1S/C23H32N6O2/c1-25-23(27-13-9-17-5-7-20(31-2)8-6-17)28-16-19-4-3-12-26-22(19)29-14-10-18(11-15-29)21(24)30/h3-8,12,18H,9-11,13-16H2,1-2H3,(H2,24,30)(H2,25,27,28). The number of amides is 1. The number of anilines is 1. The number of piperidine rings is 1. The van der Waals surface area contributed by atoms with Gasteiger partial charge >= 0.3 is 0 Å². The van der Waals surface area contributed by atoms with Crippen LogP contribution in [-0.4, -0.2) is 50.6 Å². The second kappa shape index (κ2) is 11.2. The van der Waals surface area contributed by atoms with Gasteiger partial charge in [0.2, 0.25) is 5.91 Å². The fraction of sp³-hybridized carbons (Fsp3) is 0.435. The van der Waals surface area contributed by atoms with E-state index in [1.807, 2.05) is 18.2 Å². The minimum atomic E-state index is -0.202. The summed E-state index contributed by atoms with van der Waals surface area (Å²) >= 11 is 0. The van der Waals surface area contributed by atoms with Gasteiger partial charge < -0.3 is 26.0 Å². The summed E-state index contributed by atoms with van der Waals surface area (Å²) in [4.78, 5) is 22.6. The van der Waals surface area contributed by atoms with Gasteiger partial charge in [-0.2, -0.15) is 0 Å². The van der Waals surface area contributed by atoms with E-state index in [4.69, 9.17) is 10.5 Å². The summed E-state index contributed by atoms with van der Waals surface area (Å²) in [6.45, 7) is 2.95. The topological polar surface area (TPSA) is 105 Å². The molecule has 0 bridgehead atoms. The van der Waals surface area contributed by atoms with E-state index in [1.165, 1.54) is 5.56 Å². The van der Waals surface area contributed by atoms with Crippen LogP contribution in [-0.2, 0) is 17.8 Å². The third-order valence-corrected chi connectivity index (χ3v) is 5.60.